The topological polar surface area (TPSA) is 15.3 Å². The number of nitrogens with zero attached hydrogens (tertiary/aromatic N) is 1. The molecule has 0 amide bonds. The summed E-state index contributed by atoms with van der Waals surface area (Å²) in [4.78, 5) is 2.13. The Labute approximate surface area is 106 Å². The summed E-state index contributed by atoms with van der Waals surface area (Å²) in [6.07, 6.45) is 0.861. The highest BCUT2D eigenvalue weighted by Gasteiger charge is 2.46. The van der Waals surface area contributed by atoms with Crippen LogP contribution in [0.25, 0.3) is 0 Å². The molecule has 3 aliphatic rings. The molecule has 0 spiro atoms. The first kappa shape index (κ1) is 12.7. The fraction of sp³-hybridized carbons (Fsp3) is 1.00. The molecular formula is C13H21F3N2. The molecule has 1 heterocycles. The summed E-state index contributed by atoms with van der Waals surface area (Å²) in [5, 5.41) is 2.94. The molecule has 0 aromatic rings. The highest BCUT2D eigenvalue weighted by atomic mass is 19.4. The molecule has 2 bridgehead atoms. The molecule has 0 radical (unpaired) electrons. The van der Waals surface area contributed by atoms with Gasteiger partial charge in [0.25, 0.3) is 0 Å². The third-order valence-electron chi connectivity index (χ3n) is 5.05. The van der Waals surface area contributed by atoms with E-state index in [1.54, 1.807) is 0 Å². The lowest BCUT2D eigenvalue weighted by Crippen LogP contribution is -2.45. The number of alkyl halides is 3. The van der Waals surface area contributed by atoms with Gasteiger partial charge in [0.1, 0.15) is 0 Å². The van der Waals surface area contributed by atoms with Gasteiger partial charge in [-0.05, 0) is 31.1 Å². The van der Waals surface area contributed by atoms with Crippen molar-refractivity contribution >= 4 is 0 Å². The first-order valence-electron chi connectivity index (χ1n) is 7.05. The van der Waals surface area contributed by atoms with Gasteiger partial charge >= 0.3 is 6.18 Å². The number of rotatable bonds is 1. The van der Waals surface area contributed by atoms with E-state index < -0.39 is 12.1 Å². The van der Waals surface area contributed by atoms with Crippen molar-refractivity contribution in [3.8, 4) is 0 Å². The summed E-state index contributed by atoms with van der Waals surface area (Å²) >= 11 is 0. The van der Waals surface area contributed by atoms with Gasteiger partial charge < -0.3 is 5.32 Å². The summed E-state index contributed by atoms with van der Waals surface area (Å²) in [6.45, 7) is 1.76. The molecule has 4 unspecified atom stereocenters. The van der Waals surface area contributed by atoms with E-state index in [1.165, 1.54) is 19.3 Å². The van der Waals surface area contributed by atoms with Crippen molar-refractivity contribution in [3.63, 3.8) is 0 Å². The van der Waals surface area contributed by atoms with Crippen LogP contribution in [0.2, 0.25) is 0 Å². The van der Waals surface area contributed by atoms with E-state index in [0.29, 0.717) is 18.5 Å². The summed E-state index contributed by atoms with van der Waals surface area (Å²) in [5.41, 5.74) is 0. The fourth-order valence-electron chi connectivity index (χ4n) is 4.12. The lowest BCUT2D eigenvalue weighted by atomic mass is 9.93. The van der Waals surface area contributed by atoms with Crippen LogP contribution in [0.1, 0.15) is 25.7 Å². The molecule has 1 aliphatic heterocycles. The Hall–Kier alpha value is -0.290. The van der Waals surface area contributed by atoms with Crippen molar-refractivity contribution in [2.24, 2.45) is 17.8 Å². The molecule has 4 atom stereocenters. The highest BCUT2D eigenvalue weighted by Crippen LogP contribution is 2.47. The smallest absolute Gasteiger partial charge is 0.315 e. The minimum absolute atomic E-state index is 0.0841. The van der Waals surface area contributed by atoms with Gasteiger partial charge in [0.05, 0.1) is 5.92 Å². The van der Waals surface area contributed by atoms with Gasteiger partial charge in [0, 0.05) is 32.2 Å². The number of fused-ring (bicyclic) bond motifs is 2. The largest absolute Gasteiger partial charge is 0.394 e. The number of nitrogens with one attached hydrogen (secondary N) is 1. The zero-order chi connectivity index (χ0) is 12.8. The van der Waals surface area contributed by atoms with Crippen LogP contribution in [-0.4, -0.2) is 43.3 Å². The van der Waals surface area contributed by atoms with Crippen LogP contribution in [-0.2, 0) is 0 Å². The maximum atomic E-state index is 12.9. The zero-order valence-corrected chi connectivity index (χ0v) is 10.5. The van der Waals surface area contributed by atoms with Gasteiger partial charge in [-0.3, -0.25) is 4.90 Å². The predicted molar refractivity (Wildman–Crippen MR) is 63.2 cm³/mol. The van der Waals surface area contributed by atoms with Crippen molar-refractivity contribution in [2.45, 2.75) is 37.9 Å². The third-order valence-corrected chi connectivity index (χ3v) is 5.05. The summed E-state index contributed by atoms with van der Waals surface area (Å²) < 4.78 is 38.7. The first-order valence-corrected chi connectivity index (χ1v) is 7.05. The van der Waals surface area contributed by atoms with Gasteiger partial charge in [0.2, 0.25) is 0 Å². The monoisotopic (exact) mass is 262 g/mol. The van der Waals surface area contributed by atoms with Crippen LogP contribution in [0.15, 0.2) is 0 Å². The van der Waals surface area contributed by atoms with Crippen LogP contribution in [0.5, 0.6) is 0 Å². The molecule has 2 aliphatic carbocycles. The van der Waals surface area contributed by atoms with Crippen LogP contribution >= 0.6 is 0 Å². The molecular weight excluding hydrogens is 241 g/mol. The van der Waals surface area contributed by atoms with Crippen molar-refractivity contribution in [3.05, 3.63) is 0 Å². The van der Waals surface area contributed by atoms with E-state index in [9.17, 15) is 13.2 Å². The SMILES string of the molecule is FC(F)(F)C1CNCCN(C2CC3CCC2C3)C1. The maximum Gasteiger partial charge on any atom is 0.394 e. The molecule has 104 valence electrons. The molecule has 0 aromatic heterocycles. The Morgan fingerprint density at radius 1 is 1.11 bits per heavy atom. The lowest BCUT2D eigenvalue weighted by Gasteiger charge is -2.35. The molecule has 3 fully saturated rings. The van der Waals surface area contributed by atoms with Crippen LogP contribution in [0, 0.1) is 17.8 Å². The van der Waals surface area contributed by atoms with Gasteiger partial charge in [-0.25, -0.2) is 0 Å². The maximum absolute atomic E-state index is 12.9. The summed E-state index contributed by atoms with van der Waals surface area (Å²) in [6, 6.07) is 0.425. The second kappa shape index (κ2) is 4.67. The van der Waals surface area contributed by atoms with Gasteiger partial charge in [-0.2, -0.15) is 13.2 Å². The second-order valence-electron chi connectivity index (χ2n) is 6.18. The normalized spacial score (nSPS) is 42.2. The van der Waals surface area contributed by atoms with E-state index in [0.717, 1.165) is 18.9 Å². The summed E-state index contributed by atoms with van der Waals surface area (Å²) in [7, 11) is 0. The van der Waals surface area contributed by atoms with Crippen LogP contribution in [0.3, 0.4) is 0 Å². The minimum Gasteiger partial charge on any atom is -0.315 e. The lowest BCUT2D eigenvalue weighted by molar-refractivity contribution is -0.177. The average molecular weight is 262 g/mol. The summed E-state index contributed by atoms with van der Waals surface area (Å²) in [5.74, 6) is 0.265. The Balaban J connectivity index is 1.68. The van der Waals surface area contributed by atoms with Crippen molar-refractivity contribution < 1.29 is 13.2 Å². The van der Waals surface area contributed by atoms with Crippen molar-refractivity contribution in [1.29, 1.82) is 0 Å². The van der Waals surface area contributed by atoms with E-state index in [2.05, 4.69) is 10.2 Å². The quantitative estimate of drug-likeness (QED) is 0.780. The Morgan fingerprint density at radius 2 is 1.94 bits per heavy atom. The van der Waals surface area contributed by atoms with Gasteiger partial charge in [-0.15, -0.1) is 0 Å². The molecule has 2 nitrogen and oxygen atoms in total. The van der Waals surface area contributed by atoms with Gasteiger partial charge in [-0.1, -0.05) is 6.42 Å². The molecule has 1 saturated heterocycles. The van der Waals surface area contributed by atoms with Crippen LogP contribution in [0.4, 0.5) is 13.2 Å². The number of hydrogen-bond acceptors (Lipinski definition) is 2. The highest BCUT2D eigenvalue weighted by molar-refractivity contribution is 4.96. The average Bonchev–Trinajstić information content (AvgIpc) is 2.82. The fourth-order valence-corrected chi connectivity index (χ4v) is 4.12. The van der Waals surface area contributed by atoms with E-state index >= 15 is 0 Å². The molecule has 18 heavy (non-hydrogen) atoms. The molecule has 1 N–H and O–H groups in total. The van der Waals surface area contributed by atoms with Crippen molar-refractivity contribution in [1.82, 2.24) is 10.2 Å². The second-order valence-corrected chi connectivity index (χ2v) is 6.18. The van der Waals surface area contributed by atoms with Gasteiger partial charge in [0.15, 0.2) is 0 Å². The molecule has 5 heteroatoms. The van der Waals surface area contributed by atoms with Crippen molar-refractivity contribution in [2.75, 3.05) is 26.2 Å². The van der Waals surface area contributed by atoms with E-state index in [-0.39, 0.29) is 13.1 Å². The zero-order valence-electron chi connectivity index (χ0n) is 10.5. The predicted octanol–water partition coefficient (Wildman–Crippen LogP) is 2.26. The van der Waals surface area contributed by atoms with E-state index in [1.807, 2.05) is 0 Å². The standard InChI is InChI=1S/C13H21F3N2/c14-13(15,16)11-7-17-3-4-18(8-11)12-6-9-1-2-10(12)5-9/h9-12,17H,1-8H2. The molecule has 2 saturated carbocycles. The Bertz CT molecular complexity index is 305. The van der Waals surface area contributed by atoms with Crippen LogP contribution < -0.4 is 5.32 Å². The Kier molecular flexibility index (Phi) is 3.30. The number of halogens is 3. The number of hydrogen-bond donors (Lipinski definition) is 1. The third kappa shape index (κ3) is 2.39. The molecule has 3 rings (SSSR count). The van der Waals surface area contributed by atoms with E-state index in [4.69, 9.17) is 0 Å². The Morgan fingerprint density at radius 3 is 2.56 bits per heavy atom. The minimum atomic E-state index is -4.06. The first-order chi connectivity index (χ1) is 8.54. The molecule has 0 aromatic carbocycles.